The van der Waals surface area contributed by atoms with Gasteiger partial charge in [0.1, 0.15) is 0 Å². The Morgan fingerprint density at radius 2 is 2.33 bits per heavy atom. The molecule has 12 heavy (non-hydrogen) atoms. The first-order chi connectivity index (χ1) is 5.65. The summed E-state index contributed by atoms with van der Waals surface area (Å²) in [7, 11) is 0. The highest BCUT2D eigenvalue weighted by atomic mass is 79.9. The first-order valence-electron chi connectivity index (χ1n) is 3.73. The lowest BCUT2D eigenvalue weighted by atomic mass is 10.1. The fourth-order valence-electron chi connectivity index (χ4n) is 0.885. The second-order valence-corrected chi connectivity index (χ2v) is 3.55. The summed E-state index contributed by atoms with van der Waals surface area (Å²) in [6.07, 6.45) is 1.75. The number of rotatable bonds is 2. The molecule has 0 saturated heterocycles. The predicted molar refractivity (Wildman–Crippen MR) is 52.7 cm³/mol. The summed E-state index contributed by atoms with van der Waals surface area (Å²) >= 11 is 3.37. The van der Waals surface area contributed by atoms with Crippen LogP contribution in [-0.2, 0) is 0 Å². The van der Waals surface area contributed by atoms with E-state index < -0.39 is 0 Å². The lowest BCUT2D eigenvalue weighted by molar-refractivity contribution is 0.709. The van der Waals surface area contributed by atoms with Crippen LogP contribution in [0.1, 0.15) is 17.3 Å². The van der Waals surface area contributed by atoms with E-state index in [0.717, 1.165) is 15.7 Å². The molecule has 0 unspecified atom stereocenters. The molecule has 0 radical (unpaired) electrons. The fourth-order valence-corrected chi connectivity index (χ4v) is 1.10. The molecule has 3 nitrogen and oxygen atoms in total. The van der Waals surface area contributed by atoms with Crippen LogP contribution in [0.4, 0.5) is 0 Å². The van der Waals surface area contributed by atoms with Crippen molar-refractivity contribution in [3.05, 3.63) is 28.0 Å². The Morgan fingerprint density at radius 3 is 2.83 bits per heavy atom. The summed E-state index contributed by atoms with van der Waals surface area (Å²) in [6.45, 7) is 2.42. The monoisotopic (exact) mass is 229 g/mol. The maximum absolute atomic E-state index is 5.71. The number of hydrogen-bond acceptors (Lipinski definition) is 3. The number of nitrogens with two attached hydrogens (primary N) is 2. The highest BCUT2D eigenvalue weighted by molar-refractivity contribution is 9.10. The highest BCUT2D eigenvalue weighted by Crippen LogP contribution is 2.16. The lowest BCUT2D eigenvalue weighted by Gasteiger charge is -2.08. The van der Waals surface area contributed by atoms with Crippen molar-refractivity contribution < 1.29 is 0 Å². The van der Waals surface area contributed by atoms with Crippen molar-refractivity contribution in [3.8, 4) is 0 Å². The van der Waals surface area contributed by atoms with Crippen molar-refractivity contribution >= 4 is 15.9 Å². The van der Waals surface area contributed by atoms with Crippen LogP contribution in [0.15, 0.2) is 16.7 Å². The van der Waals surface area contributed by atoms with Gasteiger partial charge >= 0.3 is 0 Å². The van der Waals surface area contributed by atoms with Gasteiger partial charge in [-0.1, -0.05) is 0 Å². The normalized spacial score (nSPS) is 13.0. The molecular weight excluding hydrogens is 218 g/mol. The summed E-state index contributed by atoms with van der Waals surface area (Å²) < 4.78 is 0.996. The maximum atomic E-state index is 5.71. The van der Waals surface area contributed by atoms with Gasteiger partial charge < -0.3 is 11.5 Å². The molecule has 4 N–H and O–H groups in total. The third kappa shape index (κ3) is 2.03. The molecule has 0 amide bonds. The second-order valence-electron chi connectivity index (χ2n) is 2.70. The highest BCUT2D eigenvalue weighted by Gasteiger charge is 2.05. The number of nitrogens with zero attached hydrogens (tertiary/aromatic N) is 1. The lowest BCUT2D eigenvalue weighted by Crippen LogP contribution is -2.21. The van der Waals surface area contributed by atoms with Gasteiger partial charge in [-0.05, 0) is 34.5 Å². The zero-order valence-corrected chi connectivity index (χ0v) is 8.51. The molecule has 4 heteroatoms. The van der Waals surface area contributed by atoms with Crippen LogP contribution >= 0.6 is 15.9 Å². The summed E-state index contributed by atoms with van der Waals surface area (Å²) in [4.78, 5) is 4.16. The van der Waals surface area contributed by atoms with Crippen LogP contribution in [-0.4, -0.2) is 11.5 Å². The summed E-state index contributed by atoms with van der Waals surface area (Å²) in [5.41, 5.74) is 13.1. The van der Waals surface area contributed by atoms with E-state index in [1.165, 1.54) is 0 Å². The van der Waals surface area contributed by atoms with E-state index in [0.29, 0.717) is 6.54 Å². The van der Waals surface area contributed by atoms with E-state index in [1.807, 2.05) is 13.0 Å². The zero-order chi connectivity index (χ0) is 9.14. The molecule has 0 fully saturated rings. The molecule has 0 spiro atoms. The average molecular weight is 230 g/mol. The van der Waals surface area contributed by atoms with E-state index >= 15 is 0 Å². The minimum absolute atomic E-state index is 0.156. The van der Waals surface area contributed by atoms with Gasteiger partial charge in [0.2, 0.25) is 0 Å². The van der Waals surface area contributed by atoms with Crippen LogP contribution in [0.5, 0.6) is 0 Å². The Kier molecular flexibility index (Phi) is 3.20. The Hall–Kier alpha value is -0.450. The van der Waals surface area contributed by atoms with Crippen LogP contribution < -0.4 is 11.5 Å². The minimum Gasteiger partial charge on any atom is -0.329 e. The molecule has 0 aliphatic carbocycles. The smallest absolute Gasteiger partial charge is 0.0594 e. The molecule has 1 aromatic rings. The Morgan fingerprint density at radius 1 is 1.67 bits per heavy atom. The van der Waals surface area contributed by atoms with Gasteiger partial charge in [-0.15, -0.1) is 0 Å². The molecule has 0 aliphatic heterocycles. The van der Waals surface area contributed by atoms with Gasteiger partial charge in [-0.2, -0.15) is 0 Å². The van der Waals surface area contributed by atoms with Crippen molar-refractivity contribution in [2.24, 2.45) is 11.5 Å². The largest absolute Gasteiger partial charge is 0.329 e. The van der Waals surface area contributed by atoms with E-state index in [4.69, 9.17) is 11.5 Å². The standard InChI is InChI=1S/C8H12BrN3/c1-5-2-8(7(11)3-10)12-4-6(5)9/h2,4,7H,3,10-11H2,1H3/t7-/m0/s1. The Bertz CT molecular complexity index is 275. The first-order valence-corrected chi connectivity index (χ1v) is 4.52. The summed E-state index contributed by atoms with van der Waals surface area (Å²) in [6, 6.07) is 1.79. The van der Waals surface area contributed by atoms with E-state index in [1.54, 1.807) is 6.20 Å². The number of aromatic nitrogens is 1. The fraction of sp³-hybridized carbons (Fsp3) is 0.375. The molecule has 1 atom stereocenters. The first kappa shape index (κ1) is 9.64. The van der Waals surface area contributed by atoms with E-state index in [2.05, 4.69) is 20.9 Å². The van der Waals surface area contributed by atoms with Crippen molar-refractivity contribution in [2.75, 3.05) is 6.54 Å². The average Bonchev–Trinajstić information content (AvgIpc) is 2.08. The van der Waals surface area contributed by atoms with Gasteiger partial charge in [0.05, 0.1) is 11.7 Å². The zero-order valence-electron chi connectivity index (χ0n) is 6.92. The van der Waals surface area contributed by atoms with Crippen LogP contribution in [0.2, 0.25) is 0 Å². The SMILES string of the molecule is Cc1cc([C@@H](N)CN)ncc1Br. The van der Waals surface area contributed by atoms with Gasteiger partial charge in [0.15, 0.2) is 0 Å². The van der Waals surface area contributed by atoms with Crippen LogP contribution in [0, 0.1) is 6.92 Å². The molecular formula is C8H12BrN3. The number of halogens is 1. The van der Waals surface area contributed by atoms with Crippen molar-refractivity contribution in [1.82, 2.24) is 4.98 Å². The van der Waals surface area contributed by atoms with Crippen LogP contribution in [0.25, 0.3) is 0 Å². The Labute approximate surface area is 80.3 Å². The van der Waals surface area contributed by atoms with Crippen LogP contribution in [0.3, 0.4) is 0 Å². The van der Waals surface area contributed by atoms with Gasteiger partial charge in [-0.25, -0.2) is 0 Å². The third-order valence-corrected chi connectivity index (χ3v) is 2.53. The van der Waals surface area contributed by atoms with Gasteiger partial charge in [0, 0.05) is 17.2 Å². The topological polar surface area (TPSA) is 64.9 Å². The number of aryl methyl sites for hydroxylation is 1. The number of hydrogen-bond donors (Lipinski definition) is 2. The molecule has 0 aromatic carbocycles. The predicted octanol–water partition coefficient (Wildman–Crippen LogP) is 1.11. The molecule has 0 saturated carbocycles. The van der Waals surface area contributed by atoms with Crippen molar-refractivity contribution in [1.29, 1.82) is 0 Å². The summed E-state index contributed by atoms with van der Waals surface area (Å²) in [5.74, 6) is 0. The second kappa shape index (κ2) is 3.98. The minimum atomic E-state index is -0.156. The molecule has 1 rings (SSSR count). The number of pyridine rings is 1. The Balaban J connectivity index is 2.96. The van der Waals surface area contributed by atoms with Crippen molar-refractivity contribution in [2.45, 2.75) is 13.0 Å². The maximum Gasteiger partial charge on any atom is 0.0594 e. The third-order valence-electron chi connectivity index (χ3n) is 1.70. The quantitative estimate of drug-likeness (QED) is 0.799. The van der Waals surface area contributed by atoms with E-state index in [9.17, 15) is 0 Å². The van der Waals surface area contributed by atoms with Gasteiger partial charge in [0.25, 0.3) is 0 Å². The van der Waals surface area contributed by atoms with E-state index in [-0.39, 0.29) is 6.04 Å². The molecule has 1 heterocycles. The molecule has 0 aliphatic rings. The molecule has 1 aromatic heterocycles. The van der Waals surface area contributed by atoms with Crippen molar-refractivity contribution in [3.63, 3.8) is 0 Å². The molecule has 0 bridgehead atoms. The molecule has 66 valence electrons. The van der Waals surface area contributed by atoms with Gasteiger partial charge in [-0.3, -0.25) is 4.98 Å². The summed E-state index contributed by atoms with van der Waals surface area (Å²) in [5, 5.41) is 0.